The van der Waals surface area contributed by atoms with Gasteiger partial charge < -0.3 is 10.4 Å². The molecule has 2 rings (SSSR count). The number of rotatable bonds is 8. The maximum absolute atomic E-state index is 11.3. The first-order valence-electron chi connectivity index (χ1n) is 8.27. The predicted molar refractivity (Wildman–Crippen MR) is 89.2 cm³/mol. The fourth-order valence-electron chi connectivity index (χ4n) is 2.81. The molecule has 0 aromatic heterocycles. The number of carboxylic acid groups (broad SMARTS) is 1. The molecule has 0 aliphatic heterocycles. The molecule has 0 bridgehead atoms. The number of carbonyl (C=O) groups excluding carboxylic acids is 1. The van der Waals surface area contributed by atoms with Crippen molar-refractivity contribution < 1.29 is 14.7 Å². The van der Waals surface area contributed by atoms with E-state index in [0.29, 0.717) is 25.6 Å². The van der Waals surface area contributed by atoms with E-state index in [1.54, 1.807) is 6.92 Å². The molecular formula is C18H26N2O3. The number of nitrogens with one attached hydrogen (secondary N) is 1. The summed E-state index contributed by atoms with van der Waals surface area (Å²) < 4.78 is 0. The lowest BCUT2D eigenvalue weighted by Gasteiger charge is -2.28. The lowest BCUT2D eigenvalue weighted by atomic mass is 9.80. The smallest absolute Gasteiger partial charge is 0.320 e. The van der Waals surface area contributed by atoms with E-state index in [9.17, 15) is 14.7 Å². The minimum absolute atomic E-state index is 0.0993. The van der Waals surface area contributed by atoms with Crippen LogP contribution in [0.5, 0.6) is 0 Å². The number of benzene rings is 1. The largest absolute Gasteiger partial charge is 0.480 e. The third-order valence-corrected chi connectivity index (χ3v) is 4.62. The van der Waals surface area contributed by atoms with E-state index >= 15 is 0 Å². The van der Waals surface area contributed by atoms with E-state index in [1.165, 1.54) is 31.7 Å². The van der Waals surface area contributed by atoms with Gasteiger partial charge in [-0.05, 0) is 36.8 Å². The van der Waals surface area contributed by atoms with Crippen molar-refractivity contribution in [2.75, 3.05) is 13.1 Å². The summed E-state index contributed by atoms with van der Waals surface area (Å²) in [6, 6.07) is 7.92. The Bertz CT molecular complexity index is 538. The van der Waals surface area contributed by atoms with E-state index in [1.807, 2.05) is 4.90 Å². The lowest BCUT2D eigenvalue weighted by Crippen LogP contribution is -2.42. The molecule has 1 amide bonds. The van der Waals surface area contributed by atoms with Crippen molar-refractivity contribution in [1.29, 1.82) is 0 Å². The Morgan fingerprint density at radius 3 is 2.43 bits per heavy atom. The minimum Gasteiger partial charge on any atom is -0.480 e. The maximum Gasteiger partial charge on any atom is 0.320 e. The summed E-state index contributed by atoms with van der Waals surface area (Å²) in [5.74, 6) is -0.241. The summed E-state index contributed by atoms with van der Waals surface area (Å²) in [4.78, 5) is 24.1. The molecule has 1 atom stereocenters. The molecule has 5 nitrogen and oxygen atoms in total. The Labute approximate surface area is 137 Å². The maximum atomic E-state index is 11.3. The first-order chi connectivity index (χ1) is 11.0. The second kappa shape index (κ2) is 8.11. The fourth-order valence-corrected chi connectivity index (χ4v) is 2.81. The van der Waals surface area contributed by atoms with Gasteiger partial charge in [-0.1, -0.05) is 30.7 Å². The van der Waals surface area contributed by atoms with E-state index in [2.05, 4.69) is 29.6 Å². The molecule has 0 heterocycles. The lowest BCUT2D eigenvalue weighted by molar-refractivity contribution is -0.142. The normalized spacial score (nSPS) is 16.0. The highest BCUT2D eigenvalue weighted by molar-refractivity contribution is 5.73. The van der Waals surface area contributed by atoms with Crippen LogP contribution >= 0.6 is 0 Å². The number of carbonyl (C=O) groups is 2. The van der Waals surface area contributed by atoms with Crippen LogP contribution in [0.3, 0.4) is 0 Å². The van der Waals surface area contributed by atoms with Crippen molar-refractivity contribution in [3.05, 3.63) is 35.4 Å². The number of amides is 1. The van der Waals surface area contributed by atoms with Crippen LogP contribution in [0, 0.1) is 0 Å². The molecule has 2 N–H and O–H groups in total. The first-order valence-corrected chi connectivity index (χ1v) is 8.27. The molecule has 1 aromatic rings. The molecule has 126 valence electrons. The standard InChI is InChI=1S/C18H26N2O3/c1-13(18(22)23)20(11-10-19-14(2)21)12-15-6-8-17(9-7-15)16-4-3-5-16/h6-9,13,16H,3-5,10-12H2,1-2H3,(H,19,21)(H,22,23). The van der Waals surface area contributed by atoms with Crippen molar-refractivity contribution in [1.82, 2.24) is 10.2 Å². The Balaban J connectivity index is 1.97. The fraction of sp³-hybridized carbons (Fsp3) is 0.556. The van der Waals surface area contributed by atoms with Crippen molar-refractivity contribution in [2.45, 2.75) is 51.6 Å². The predicted octanol–water partition coefficient (Wildman–Crippen LogP) is 2.37. The van der Waals surface area contributed by atoms with Crippen LogP contribution in [0.2, 0.25) is 0 Å². The second-order valence-electron chi connectivity index (χ2n) is 6.34. The number of nitrogens with zero attached hydrogens (tertiary/aromatic N) is 1. The van der Waals surface area contributed by atoms with Crippen LogP contribution in [-0.2, 0) is 16.1 Å². The van der Waals surface area contributed by atoms with Gasteiger partial charge in [0.2, 0.25) is 5.91 Å². The quantitative estimate of drug-likeness (QED) is 0.772. The first kappa shape index (κ1) is 17.5. The van der Waals surface area contributed by atoms with Gasteiger partial charge in [-0.2, -0.15) is 0 Å². The number of aliphatic carboxylic acids is 1. The average Bonchev–Trinajstić information content (AvgIpc) is 2.45. The van der Waals surface area contributed by atoms with Crippen molar-refractivity contribution in [3.8, 4) is 0 Å². The van der Waals surface area contributed by atoms with Gasteiger partial charge in [0.05, 0.1) is 0 Å². The van der Waals surface area contributed by atoms with Gasteiger partial charge in [0.25, 0.3) is 0 Å². The Morgan fingerprint density at radius 2 is 1.96 bits per heavy atom. The van der Waals surface area contributed by atoms with Crippen molar-refractivity contribution in [3.63, 3.8) is 0 Å². The zero-order chi connectivity index (χ0) is 16.8. The summed E-state index contributed by atoms with van der Waals surface area (Å²) in [5.41, 5.74) is 2.49. The van der Waals surface area contributed by atoms with Crippen LogP contribution in [0.25, 0.3) is 0 Å². The third kappa shape index (κ3) is 5.06. The molecule has 1 aliphatic carbocycles. The molecule has 1 aliphatic rings. The summed E-state index contributed by atoms with van der Waals surface area (Å²) in [7, 11) is 0. The van der Waals surface area contributed by atoms with Gasteiger partial charge in [-0.25, -0.2) is 0 Å². The molecule has 0 spiro atoms. The summed E-state index contributed by atoms with van der Waals surface area (Å²) in [6.07, 6.45) is 3.87. The van der Waals surface area contributed by atoms with Gasteiger partial charge in [0.15, 0.2) is 0 Å². The van der Waals surface area contributed by atoms with Gasteiger partial charge in [-0.3, -0.25) is 14.5 Å². The zero-order valence-corrected chi connectivity index (χ0v) is 13.9. The summed E-state index contributed by atoms with van der Waals surface area (Å²) >= 11 is 0. The molecule has 1 unspecified atom stereocenters. The van der Waals surface area contributed by atoms with E-state index < -0.39 is 12.0 Å². The van der Waals surface area contributed by atoms with E-state index in [0.717, 1.165) is 5.56 Å². The number of carboxylic acids is 1. The molecule has 0 radical (unpaired) electrons. The van der Waals surface area contributed by atoms with Crippen LogP contribution in [-0.4, -0.2) is 41.0 Å². The molecule has 0 saturated heterocycles. The topological polar surface area (TPSA) is 69.6 Å². The Morgan fingerprint density at radius 1 is 1.30 bits per heavy atom. The second-order valence-corrected chi connectivity index (χ2v) is 6.34. The van der Waals surface area contributed by atoms with Crippen molar-refractivity contribution in [2.24, 2.45) is 0 Å². The molecule has 1 fully saturated rings. The average molecular weight is 318 g/mol. The Hall–Kier alpha value is -1.88. The highest BCUT2D eigenvalue weighted by atomic mass is 16.4. The van der Waals surface area contributed by atoms with Gasteiger partial charge in [-0.15, -0.1) is 0 Å². The van der Waals surface area contributed by atoms with Gasteiger partial charge >= 0.3 is 5.97 Å². The van der Waals surface area contributed by atoms with Gasteiger partial charge in [0, 0.05) is 26.6 Å². The van der Waals surface area contributed by atoms with E-state index in [-0.39, 0.29) is 5.91 Å². The molecule has 1 aromatic carbocycles. The number of hydrogen-bond donors (Lipinski definition) is 2. The monoisotopic (exact) mass is 318 g/mol. The van der Waals surface area contributed by atoms with Gasteiger partial charge in [0.1, 0.15) is 6.04 Å². The molecule has 23 heavy (non-hydrogen) atoms. The minimum atomic E-state index is -0.848. The highest BCUT2D eigenvalue weighted by Gasteiger charge is 2.22. The van der Waals surface area contributed by atoms with Crippen LogP contribution in [0.4, 0.5) is 0 Å². The third-order valence-electron chi connectivity index (χ3n) is 4.62. The van der Waals surface area contributed by atoms with Crippen LogP contribution in [0.15, 0.2) is 24.3 Å². The zero-order valence-electron chi connectivity index (χ0n) is 13.9. The van der Waals surface area contributed by atoms with E-state index in [4.69, 9.17) is 0 Å². The Kier molecular flexibility index (Phi) is 6.16. The SMILES string of the molecule is CC(=O)NCCN(Cc1ccc(C2CCC2)cc1)C(C)C(=O)O. The summed E-state index contributed by atoms with van der Waals surface area (Å²) in [6.45, 7) is 4.67. The molecular weight excluding hydrogens is 292 g/mol. The van der Waals surface area contributed by atoms with Crippen LogP contribution in [0.1, 0.15) is 50.2 Å². The number of hydrogen-bond acceptors (Lipinski definition) is 3. The summed E-state index contributed by atoms with van der Waals surface area (Å²) in [5, 5.41) is 12.0. The molecule has 1 saturated carbocycles. The van der Waals surface area contributed by atoms with Crippen LogP contribution < -0.4 is 5.32 Å². The highest BCUT2D eigenvalue weighted by Crippen LogP contribution is 2.36. The molecule has 5 heteroatoms. The van der Waals surface area contributed by atoms with Crippen molar-refractivity contribution >= 4 is 11.9 Å².